The molecule has 0 spiro atoms. The molecule has 1 heterocycles. The van der Waals surface area contributed by atoms with Crippen molar-refractivity contribution in [1.29, 1.82) is 0 Å². The molecule has 35 heavy (non-hydrogen) atoms. The number of pyridine rings is 1. The lowest BCUT2D eigenvalue weighted by atomic mass is 9.48. The Morgan fingerprint density at radius 3 is 2.37 bits per heavy atom. The van der Waals surface area contributed by atoms with Crippen LogP contribution in [0.5, 0.6) is 0 Å². The molecule has 0 saturated heterocycles. The van der Waals surface area contributed by atoms with E-state index >= 15 is 0 Å². The topological polar surface area (TPSA) is 162 Å². The second-order valence-electron chi connectivity index (χ2n) is 10.8. The van der Waals surface area contributed by atoms with Gasteiger partial charge in [0.1, 0.15) is 5.69 Å². The zero-order valence-electron chi connectivity index (χ0n) is 20.0. The number of carbonyl (C=O) groups is 2. The van der Waals surface area contributed by atoms with E-state index in [4.69, 9.17) is 17.2 Å². The first kappa shape index (κ1) is 23.5. The van der Waals surface area contributed by atoms with Crippen LogP contribution in [0, 0.1) is 17.8 Å². The van der Waals surface area contributed by atoms with Crippen molar-refractivity contribution in [3.05, 3.63) is 41.6 Å². The largest absolute Gasteiger partial charge is 0.370 e. The Morgan fingerprint density at radius 2 is 1.71 bits per heavy atom. The third-order valence-corrected chi connectivity index (χ3v) is 8.16. The van der Waals surface area contributed by atoms with Gasteiger partial charge < -0.3 is 17.2 Å². The Labute approximate surface area is 205 Å². The van der Waals surface area contributed by atoms with Crippen molar-refractivity contribution < 1.29 is 9.59 Å². The number of para-hydroxylation sites is 1. The standard InChI is InChI=1S/C26H35N7O2/c27-20(5-3-7-30-25(28)29)23(34)32-33-24(35)22-11-19(18-4-1-2-6-21(18)31-22)26-12-15-8-16(13-26)10-17(9-15)14-26/h1-2,4,6,11,15-17,20H,3,5,7-10,12-14,27H2,(H,32,34)(H,33,35)(H4,28,29,30)/t15?,16?,17?,20-,26?/m1/s1. The van der Waals surface area contributed by atoms with Crippen LogP contribution >= 0.6 is 0 Å². The molecule has 4 aliphatic carbocycles. The minimum absolute atomic E-state index is 0.00563. The van der Waals surface area contributed by atoms with Crippen molar-refractivity contribution in [2.24, 2.45) is 39.9 Å². The van der Waals surface area contributed by atoms with E-state index < -0.39 is 17.9 Å². The van der Waals surface area contributed by atoms with Crippen LogP contribution < -0.4 is 28.1 Å². The van der Waals surface area contributed by atoms with Crippen molar-refractivity contribution in [2.45, 2.75) is 62.8 Å². The summed E-state index contributed by atoms with van der Waals surface area (Å²) in [7, 11) is 0. The average Bonchev–Trinajstić information content (AvgIpc) is 2.83. The van der Waals surface area contributed by atoms with Crippen LogP contribution in [-0.2, 0) is 10.2 Å². The number of hydrogen-bond acceptors (Lipinski definition) is 5. The summed E-state index contributed by atoms with van der Waals surface area (Å²) in [6.07, 6.45) is 8.60. The molecular formula is C26H35N7O2. The number of hydrogen-bond donors (Lipinski definition) is 5. The summed E-state index contributed by atoms with van der Waals surface area (Å²) in [5, 5.41) is 1.14. The number of nitrogens with zero attached hydrogens (tertiary/aromatic N) is 2. The molecule has 186 valence electrons. The number of hydrazine groups is 1. The van der Waals surface area contributed by atoms with Crippen molar-refractivity contribution in [3.63, 3.8) is 0 Å². The van der Waals surface area contributed by atoms with Gasteiger partial charge in [0.25, 0.3) is 11.8 Å². The summed E-state index contributed by atoms with van der Waals surface area (Å²) in [5.74, 6) is 1.47. The fourth-order valence-electron chi connectivity index (χ4n) is 7.10. The molecule has 0 aliphatic heterocycles. The van der Waals surface area contributed by atoms with Crippen LogP contribution in [0.15, 0.2) is 35.3 Å². The molecule has 4 aliphatic rings. The maximum atomic E-state index is 13.1. The van der Waals surface area contributed by atoms with Crippen LogP contribution in [0.1, 0.15) is 67.4 Å². The predicted octanol–water partition coefficient (Wildman–Crippen LogP) is 1.84. The maximum absolute atomic E-state index is 13.1. The fourth-order valence-corrected chi connectivity index (χ4v) is 7.10. The molecule has 0 unspecified atom stereocenters. The molecule has 9 nitrogen and oxygen atoms in total. The molecule has 2 aromatic rings. The molecule has 0 radical (unpaired) electrons. The minimum Gasteiger partial charge on any atom is -0.370 e. The summed E-state index contributed by atoms with van der Waals surface area (Å²) < 4.78 is 0. The van der Waals surface area contributed by atoms with Gasteiger partial charge in [0.05, 0.1) is 11.6 Å². The van der Waals surface area contributed by atoms with E-state index in [2.05, 4.69) is 26.9 Å². The van der Waals surface area contributed by atoms with E-state index in [9.17, 15) is 9.59 Å². The van der Waals surface area contributed by atoms with E-state index in [1.807, 2.05) is 24.3 Å². The SMILES string of the molecule is NC(N)=NCCC[C@@H](N)C(=O)NNC(=O)c1cc(C23CC4CC(CC(C4)C2)C3)c2ccccc2n1. The average molecular weight is 478 g/mol. The molecule has 4 saturated carbocycles. The van der Waals surface area contributed by atoms with Gasteiger partial charge in [0.15, 0.2) is 5.96 Å². The van der Waals surface area contributed by atoms with E-state index in [-0.39, 0.29) is 11.4 Å². The number of benzene rings is 1. The molecule has 1 atom stereocenters. The van der Waals surface area contributed by atoms with Crippen molar-refractivity contribution in [1.82, 2.24) is 15.8 Å². The first-order chi connectivity index (χ1) is 16.8. The number of aliphatic imine (C=N–C) groups is 1. The highest BCUT2D eigenvalue weighted by Gasteiger charge is 2.52. The van der Waals surface area contributed by atoms with Gasteiger partial charge in [-0.2, -0.15) is 0 Å². The first-order valence-corrected chi connectivity index (χ1v) is 12.6. The number of carbonyl (C=O) groups excluding carboxylic acids is 2. The van der Waals surface area contributed by atoms with Crippen LogP contribution in [0.25, 0.3) is 10.9 Å². The van der Waals surface area contributed by atoms with Gasteiger partial charge in [-0.15, -0.1) is 0 Å². The van der Waals surface area contributed by atoms with Gasteiger partial charge in [0.2, 0.25) is 0 Å². The number of fused-ring (bicyclic) bond motifs is 1. The zero-order chi connectivity index (χ0) is 24.6. The molecule has 1 aromatic carbocycles. The van der Waals surface area contributed by atoms with Crippen LogP contribution in [0.2, 0.25) is 0 Å². The Kier molecular flexibility index (Phi) is 6.35. The lowest BCUT2D eigenvalue weighted by Crippen LogP contribution is -2.50. The summed E-state index contributed by atoms with van der Waals surface area (Å²) in [4.78, 5) is 33.9. The number of amides is 2. The van der Waals surface area contributed by atoms with Gasteiger partial charge in [0, 0.05) is 11.9 Å². The number of guanidine groups is 1. The number of rotatable bonds is 7. The third kappa shape index (κ3) is 4.82. The quantitative estimate of drug-likeness (QED) is 0.177. The van der Waals surface area contributed by atoms with Gasteiger partial charge >= 0.3 is 0 Å². The minimum atomic E-state index is -0.781. The highest BCUT2D eigenvalue weighted by Crippen LogP contribution is 2.61. The van der Waals surface area contributed by atoms with Crippen molar-refractivity contribution in [3.8, 4) is 0 Å². The van der Waals surface area contributed by atoms with Gasteiger partial charge in [-0.1, -0.05) is 18.2 Å². The summed E-state index contributed by atoms with van der Waals surface area (Å²) in [5.41, 5.74) is 24.0. The molecule has 6 rings (SSSR count). The Balaban J connectivity index is 1.32. The van der Waals surface area contributed by atoms with Crippen LogP contribution in [-0.4, -0.2) is 35.3 Å². The van der Waals surface area contributed by atoms with E-state index in [1.165, 1.54) is 44.1 Å². The van der Waals surface area contributed by atoms with E-state index in [0.29, 0.717) is 25.1 Å². The first-order valence-electron chi connectivity index (χ1n) is 12.6. The van der Waals surface area contributed by atoms with E-state index in [1.54, 1.807) is 0 Å². The molecule has 9 heteroatoms. The lowest BCUT2D eigenvalue weighted by molar-refractivity contribution is -0.123. The third-order valence-electron chi connectivity index (χ3n) is 8.16. The van der Waals surface area contributed by atoms with Crippen LogP contribution in [0.4, 0.5) is 0 Å². The summed E-state index contributed by atoms with van der Waals surface area (Å²) in [6, 6.07) is 9.26. The van der Waals surface area contributed by atoms with E-state index in [0.717, 1.165) is 28.7 Å². The van der Waals surface area contributed by atoms with Crippen molar-refractivity contribution >= 4 is 28.7 Å². The highest BCUT2D eigenvalue weighted by atomic mass is 16.2. The Morgan fingerprint density at radius 1 is 1.06 bits per heavy atom. The maximum Gasteiger partial charge on any atom is 0.288 e. The van der Waals surface area contributed by atoms with Gasteiger partial charge in [-0.3, -0.25) is 25.4 Å². The van der Waals surface area contributed by atoms with Gasteiger partial charge in [-0.25, -0.2) is 4.98 Å². The van der Waals surface area contributed by atoms with Crippen molar-refractivity contribution in [2.75, 3.05) is 6.54 Å². The molecule has 4 bridgehead atoms. The second kappa shape index (κ2) is 9.45. The monoisotopic (exact) mass is 477 g/mol. The second-order valence-corrected chi connectivity index (χ2v) is 10.8. The van der Waals surface area contributed by atoms with Gasteiger partial charge in [-0.05, 0) is 92.2 Å². The molecule has 4 fully saturated rings. The summed E-state index contributed by atoms with van der Waals surface area (Å²) in [6.45, 7) is 0.393. The molecular weight excluding hydrogens is 442 g/mol. The highest BCUT2D eigenvalue weighted by molar-refractivity contribution is 5.97. The molecule has 1 aromatic heterocycles. The number of nitrogens with two attached hydrogens (primary N) is 3. The fraction of sp³-hybridized carbons (Fsp3) is 0.538. The lowest BCUT2D eigenvalue weighted by Gasteiger charge is -2.57. The summed E-state index contributed by atoms with van der Waals surface area (Å²) >= 11 is 0. The Bertz CT molecular complexity index is 1120. The normalized spacial score (nSPS) is 27.4. The van der Waals surface area contributed by atoms with Crippen LogP contribution in [0.3, 0.4) is 0 Å². The molecule has 2 amide bonds. The number of aromatic nitrogens is 1. The smallest absolute Gasteiger partial charge is 0.288 e. The molecule has 8 N–H and O–H groups in total. The Hall–Kier alpha value is -3.20. The zero-order valence-corrected chi connectivity index (χ0v) is 20.0. The predicted molar refractivity (Wildman–Crippen MR) is 135 cm³/mol. The number of nitrogens with one attached hydrogen (secondary N) is 2.